The molecule has 0 nitrogen and oxygen atoms in total. The molecule has 0 aromatic heterocycles. The Labute approximate surface area is 138 Å². The zero-order valence-electron chi connectivity index (χ0n) is 14.4. The maximum Gasteiger partial charge on any atom is 0.0836 e. The second-order valence-corrected chi connectivity index (χ2v) is 17.8. The molecule has 4 aliphatic rings. The number of rotatable bonds is 5. The molecule has 4 rings (SSSR count). The highest BCUT2D eigenvalue weighted by atomic mass is 28.3. The number of allylic oxidation sites excluding steroid dienone is 8. The van der Waals surface area contributed by atoms with Crippen LogP contribution in [0.25, 0.3) is 0 Å². The molecule has 2 fully saturated rings. The van der Waals surface area contributed by atoms with E-state index >= 15 is 0 Å². The van der Waals surface area contributed by atoms with Crippen LogP contribution in [0.4, 0.5) is 0 Å². The minimum absolute atomic E-state index is 0.985. The molecule has 0 aromatic carbocycles. The first-order valence-electron chi connectivity index (χ1n) is 9.41. The molecule has 22 heavy (non-hydrogen) atoms. The van der Waals surface area contributed by atoms with E-state index in [-0.39, 0.29) is 0 Å². The van der Waals surface area contributed by atoms with Gasteiger partial charge in [0.05, 0.1) is 16.1 Å². The third-order valence-electron chi connectivity index (χ3n) is 6.94. The molecule has 0 spiro atoms. The quantitative estimate of drug-likeness (QED) is 0.518. The summed E-state index contributed by atoms with van der Waals surface area (Å²) in [6, 6.07) is 6.20. The van der Waals surface area contributed by atoms with Gasteiger partial charge in [0, 0.05) is 0 Å². The van der Waals surface area contributed by atoms with Crippen molar-refractivity contribution in [3.63, 3.8) is 0 Å². The molecule has 118 valence electrons. The predicted octanol–water partition coefficient (Wildman–Crippen LogP) is 6.32. The summed E-state index contributed by atoms with van der Waals surface area (Å²) >= 11 is 0. The Morgan fingerprint density at radius 1 is 0.682 bits per heavy atom. The first-order chi connectivity index (χ1) is 10.6. The zero-order chi connectivity index (χ0) is 15.2. The Bertz CT molecular complexity index is 541. The normalized spacial score (nSPS) is 28.3. The summed E-state index contributed by atoms with van der Waals surface area (Å²) in [5.41, 5.74) is 3.50. The highest BCUT2D eigenvalue weighted by Crippen LogP contribution is 2.46. The summed E-state index contributed by atoms with van der Waals surface area (Å²) in [4.78, 5) is 0. The highest BCUT2D eigenvalue weighted by Gasteiger charge is 2.41. The maximum absolute atomic E-state index is 2.63. The van der Waals surface area contributed by atoms with Crippen LogP contribution in [0.15, 0.2) is 45.8 Å². The maximum atomic E-state index is 2.63. The van der Waals surface area contributed by atoms with Gasteiger partial charge in [-0.2, -0.15) is 0 Å². The molecule has 2 heterocycles. The zero-order valence-corrected chi connectivity index (χ0v) is 16.4. The largest absolute Gasteiger partial charge is 0.0836 e. The van der Waals surface area contributed by atoms with E-state index in [1.165, 1.54) is 38.5 Å². The van der Waals surface area contributed by atoms with Crippen molar-refractivity contribution in [3.05, 3.63) is 45.8 Å². The molecule has 0 radical (unpaired) electrons. The molecule has 2 aliphatic carbocycles. The van der Waals surface area contributed by atoms with Crippen LogP contribution in [0, 0.1) is 0 Å². The van der Waals surface area contributed by atoms with Gasteiger partial charge >= 0.3 is 0 Å². The lowest BCUT2D eigenvalue weighted by molar-refractivity contribution is 0.886. The van der Waals surface area contributed by atoms with Crippen LogP contribution < -0.4 is 0 Å². The van der Waals surface area contributed by atoms with Crippen LogP contribution >= 0.6 is 0 Å². The lowest BCUT2D eigenvalue weighted by Crippen LogP contribution is -2.41. The Hall–Kier alpha value is -0.606. The van der Waals surface area contributed by atoms with E-state index in [9.17, 15) is 0 Å². The lowest BCUT2D eigenvalue weighted by atomic mass is 10.1. The van der Waals surface area contributed by atoms with Crippen LogP contribution in [0.1, 0.15) is 38.5 Å². The van der Waals surface area contributed by atoms with Crippen molar-refractivity contribution in [1.82, 2.24) is 0 Å². The SMILES string of the molecule is C[Si]1(C2=CCC=C2CCC2=CCC=C2[Si]2(C)CCC2)CCC1. The van der Waals surface area contributed by atoms with Gasteiger partial charge in [0.25, 0.3) is 0 Å². The van der Waals surface area contributed by atoms with Crippen LogP contribution in [0.5, 0.6) is 0 Å². The van der Waals surface area contributed by atoms with Crippen molar-refractivity contribution in [1.29, 1.82) is 0 Å². The van der Waals surface area contributed by atoms with Gasteiger partial charge in [0.2, 0.25) is 0 Å². The summed E-state index contributed by atoms with van der Waals surface area (Å²) in [6.45, 7) is 5.26. The molecular weight excluding hydrogens is 296 g/mol. The molecule has 0 saturated carbocycles. The molecule has 0 bridgehead atoms. The first kappa shape index (κ1) is 15.0. The summed E-state index contributed by atoms with van der Waals surface area (Å²) in [6.07, 6.45) is 18.4. The third kappa shape index (κ3) is 2.39. The number of hydrogen-bond acceptors (Lipinski definition) is 0. The summed E-state index contributed by atoms with van der Waals surface area (Å²) in [5, 5.41) is 3.71. The third-order valence-corrected chi connectivity index (χ3v) is 16.4. The molecule has 2 aliphatic heterocycles. The van der Waals surface area contributed by atoms with Gasteiger partial charge in [0.15, 0.2) is 0 Å². The molecule has 0 unspecified atom stereocenters. The molecule has 2 heteroatoms. The van der Waals surface area contributed by atoms with Crippen LogP contribution in [0.2, 0.25) is 37.3 Å². The van der Waals surface area contributed by atoms with Crippen LogP contribution in [-0.4, -0.2) is 16.1 Å². The summed E-state index contributed by atoms with van der Waals surface area (Å²) in [7, 11) is -1.97. The van der Waals surface area contributed by atoms with Crippen molar-refractivity contribution in [3.8, 4) is 0 Å². The monoisotopic (exact) mass is 326 g/mol. The Morgan fingerprint density at radius 2 is 1.09 bits per heavy atom. The van der Waals surface area contributed by atoms with E-state index in [0.29, 0.717) is 0 Å². The molecule has 0 N–H and O–H groups in total. The fourth-order valence-electron chi connectivity index (χ4n) is 5.08. The Morgan fingerprint density at radius 3 is 1.41 bits per heavy atom. The smallest absolute Gasteiger partial charge is 0.0812 e. The predicted molar refractivity (Wildman–Crippen MR) is 102 cm³/mol. The molecular formula is C20H30Si2. The minimum Gasteiger partial charge on any atom is -0.0812 e. The second-order valence-electron chi connectivity index (χ2n) is 8.49. The van der Waals surface area contributed by atoms with E-state index in [2.05, 4.69) is 37.4 Å². The van der Waals surface area contributed by atoms with Crippen molar-refractivity contribution in [2.45, 2.75) is 75.8 Å². The number of hydrogen-bond donors (Lipinski definition) is 0. The average Bonchev–Trinajstić information content (AvgIpc) is 3.08. The highest BCUT2D eigenvalue weighted by molar-refractivity contribution is 6.89. The fraction of sp³-hybridized carbons (Fsp3) is 0.600. The van der Waals surface area contributed by atoms with Crippen molar-refractivity contribution >= 4 is 16.1 Å². The van der Waals surface area contributed by atoms with E-state index < -0.39 is 16.1 Å². The van der Waals surface area contributed by atoms with Gasteiger partial charge in [-0.05, 0) is 25.7 Å². The fourth-order valence-corrected chi connectivity index (χ4v) is 12.2. The minimum atomic E-state index is -0.985. The van der Waals surface area contributed by atoms with E-state index in [0.717, 1.165) is 0 Å². The van der Waals surface area contributed by atoms with Gasteiger partial charge < -0.3 is 0 Å². The molecule has 0 amide bonds. The van der Waals surface area contributed by atoms with E-state index in [1.807, 2.05) is 10.4 Å². The average molecular weight is 327 g/mol. The lowest BCUT2D eigenvalue weighted by Gasteiger charge is -2.40. The Balaban J connectivity index is 1.41. The second kappa shape index (κ2) is 5.49. The van der Waals surface area contributed by atoms with E-state index in [4.69, 9.17) is 0 Å². The Kier molecular flexibility index (Phi) is 3.73. The molecule has 0 atom stereocenters. The standard InChI is InChI=1S/C20H30Si2/c1-21(13-5-14-21)19-9-3-7-17(19)11-12-18-8-4-10-20(18)22(2)15-6-16-22/h7-10H,3-6,11-16H2,1-2H3. The van der Waals surface area contributed by atoms with E-state index in [1.54, 1.807) is 35.3 Å². The summed E-state index contributed by atoms with van der Waals surface area (Å²) < 4.78 is 0. The van der Waals surface area contributed by atoms with Gasteiger partial charge in [-0.25, -0.2) is 0 Å². The molecule has 0 aromatic rings. The topological polar surface area (TPSA) is 0 Å². The van der Waals surface area contributed by atoms with Crippen molar-refractivity contribution < 1.29 is 0 Å². The molecule has 2 saturated heterocycles. The van der Waals surface area contributed by atoms with Gasteiger partial charge in [-0.15, -0.1) is 0 Å². The van der Waals surface area contributed by atoms with Gasteiger partial charge in [-0.1, -0.05) is 96.0 Å². The van der Waals surface area contributed by atoms with Gasteiger partial charge in [-0.3, -0.25) is 0 Å². The van der Waals surface area contributed by atoms with Crippen molar-refractivity contribution in [2.75, 3.05) is 0 Å². The van der Waals surface area contributed by atoms with Crippen molar-refractivity contribution in [2.24, 2.45) is 0 Å². The van der Waals surface area contributed by atoms with Crippen LogP contribution in [-0.2, 0) is 0 Å². The summed E-state index contributed by atoms with van der Waals surface area (Å²) in [5.74, 6) is 0. The first-order valence-corrected chi connectivity index (χ1v) is 15.2. The van der Waals surface area contributed by atoms with Crippen LogP contribution in [0.3, 0.4) is 0 Å². The van der Waals surface area contributed by atoms with Gasteiger partial charge in [0.1, 0.15) is 0 Å².